The molecule has 0 bridgehead atoms. The molecule has 0 aromatic carbocycles. The van der Waals surface area contributed by atoms with Gasteiger partial charge in [0.25, 0.3) is 0 Å². The van der Waals surface area contributed by atoms with Gasteiger partial charge in [-0.2, -0.15) is 0 Å². The number of rotatable bonds is 6. The first-order valence-corrected chi connectivity index (χ1v) is 9.25. The van der Waals surface area contributed by atoms with Gasteiger partial charge in [0.05, 0.1) is 0 Å². The Labute approximate surface area is 90.2 Å². The predicted octanol–water partition coefficient (Wildman–Crippen LogP) is 3.54. The summed E-state index contributed by atoms with van der Waals surface area (Å²) in [5.74, 6) is 0.965. The van der Waals surface area contributed by atoms with Gasteiger partial charge in [-0.1, -0.05) is 45.6 Å². The third kappa shape index (κ3) is 6.38. The highest BCUT2D eigenvalue weighted by Crippen LogP contribution is 2.25. The van der Waals surface area contributed by atoms with Crippen LogP contribution in [-0.4, -0.2) is 19.8 Å². The Kier molecular flexibility index (Phi) is 5.68. The molecule has 0 rings (SSSR count). The van der Waals surface area contributed by atoms with Crippen LogP contribution >= 0.6 is 0 Å². The second-order valence-electron chi connectivity index (χ2n) is 5.90. The van der Waals surface area contributed by atoms with E-state index in [1.54, 1.807) is 0 Å². The lowest BCUT2D eigenvalue weighted by Crippen LogP contribution is -2.23. The summed E-state index contributed by atoms with van der Waals surface area (Å²) in [5.41, 5.74) is 1.26. The maximum absolute atomic E-state index is 9.30. The molecule has 0 aromatic rings. The quantitative estimate of drug-likeness (QED) is 0.530. The highest BCUT2D eigenvalue weighted by Gasteiger charge is 2.20. The summed E-state index contributed by atoms with van der Waals surface area (Å²) < 4.78 is 0. The summed E-state index contributed by atoms with van der Waals surface area (Å²) in [7, 11) is -1.06. The molecule has 84 valence electrons. The van der Waals surface area contributed by atoms with Crippen molar-refractivity contribution in [3.05, 3.63) is 12.2 Å². The average Bonchev–Trinajstić information content (AvgIpc) is 1.96. The third-order valence-corrected chi connectivity index (χ3v) is 3.83. The second kappa shape index (κ2) is 5.71. The van der Waals surface area contributed by atoms with E-state index >= 15 is 0 Å². The van der Waals surface area contributed by atoms with Crippen molar-refractivity contribution in [1.29, 1.82) is 0 Å². The maximum atomic E-state index is 9.30. The molecule has 0 amide bonds. The van der Waals surface area contributed by atoms with Crippen molar-refractivity contribution in [3.8, 4) is 0 Å². The van der Waals surface area contributed by atoms with Gasteiger partial charge in [-0.05, 0) is 18.4 Å². The van der Waals surface area contributed by atoms with Crippen molar-refractivity contribution < 1.29 is 5.11 Å². The third-order valence-electron chi connectivity index (χ3n) is 2.31. The maximum Gasteiger partial charge on any atom is 0.0496 e. The lowest BCUT2D eigenvalue weighted by molar-refractivity contribution is 0.228. The van der Waals surface area contributed by atoms with E-state index in [0.717, 1.165) is 12.5 Å². The molecule has 0 aromatic heterocycles. The molecule has 0 aliphatic heterocycles. The van der Waals surface area contributed by atoms with E-state index < -0.39 is 8.07 Å². The molecule has 0 heterocycles. The van der Waals surface area contributed by atoms with Gasteiger partial charge in [-0.25, -0.2) is 0 Å². The summed E-state index contributed by atoms with van der Waals surface area (Å²) in [6, 6.07) is 1.14. The molecule has 14 heavy (non-hydrogen) atoms. The van der Waals surface area contributed by atoms with Crippen LogP contribution in [0.15, 0.2) is 12.2 Å². The molecule has 0 saturated heterocycles. The van der Waals surface area contributed by atoms with Gasteiger partial charge in [0.1, 0.15) is 0 Å². The highest BCUT2D eigenvalue weighted by molar-refractivity contribution is 6.76. The minimum atomic E-state index is -1.06. The van der Waals surface area contributed by atoms with Gasteiger partial charge < -0.3 is 5.11 Å². The van der Waals surface area contributed by atoms with Gasteiger partial charge in [0.15, 0.2) is 0 Å². The average molecular weight is 214 g/mol. The van der Waals surface area contributed by atoms with Crippen molar-refractivity contribution in [2.24, 2.45) is 11.8 Å². The number of hydrogen-bond acceptors (Lipinski definition) is 1. The predicted molar refractivity (Wildman–Crippen MR) is 67.3 cm³/mol. The minimum absolute atomic E-state index is 0.265. The molecule has 1 atom stereocenters. The van der Waals surface area contributed by atoms with Gasteiger partial charge in [0.2, 0.25) is 0 Å². The van der Waals surface area contributed by atoms with Crippen molar-refractivity contribution in [1.82, 2.24) is 0 Å². The fraction of sp³-hybridized carbons (Fsp3) is 0.833. The summed E-state index contributed by atoms with van der Waals surface area (Å²) in [6.45, 7) is 15.8. The van der Waals surface area contributed by atoms with Crippen molar-refractivity contribution in [2.75, 3.05) is 6.61 Å². The first-order chi connectivity index (χ1) is 6.26. The lowest BCUT2D eigenvalue weighted by Gasteiger charge is -2.24. The summed E-state index contributed by atoms with van der Waals surface area (Å²) >= 11 is 0. The molecule has 1 N–H and O–H groups in total. The molecular weight excluding hydrogens is 188 g/mol. The monoisotopic (exact) mass is 214 g/mol. The minimum Gasteiger partial charge on any atom is -0.396 e. The zero-order valence-electron chi connectivity index (χ0n) is 10.4. The molecule has 1 nitrogen and oxygen atoms in total. The molecule has 0 fully saturated rings. The van der Waals surface area contributed by atoms with E-state index in [1.807, 2.05) is 0 Å². The van der Waals surface area contributed by atoms with Crippen molar-refractivity contribution in [2.45, 2.75) is 46.0 Å². The van der Waals surface area contributed by atoms with Crippen molar-refractivity contribution >= 4 is 8.07 Å². The van der Waals surface area contributed by atoms with E-state index in [1.165, 1.54) is 5.57 Å². The van der Waals surface area contributed by atoms with Crippen LogP contribution in [0, 0.1) is 11.8 Å². The van der Waals surface area contributed by atoms with E-state index in [4.69, 9.17) is 0 Å². The zero-order valence-corrected chi connectivity index (χ0v) is 11.4. The van der Waals surface area contributed by atoms with Gasteiger partial charge in [-0.15, -0.1) is 0 Å². The van der Waals surface area contributed by atoms with Crippen LogP contribution in [0.1, 0.15) is 20.3 Å². The molecule has 0 radical (unpaired) electrons. The van der Waals surface area contributed by atoms with E-state index in [9.17, 15) is 5.11 Å². The van der Waals surface area contributed by atoms with Crippen molar-refractivity contribution in [3.63, 3.8) is 0 Å². The molecule has 0 saturated carbocycles. The van der Waals surface area contributed by atoms with Crippen LogP contribution < -0.4 is 0 Å². The largest absolute Gasteiger partial charge is 0.396 e. The Hall–Kier alpha value is -0.0831. The Bertz CT molecular complexity index is 179. The topological polar surface area (TPSA) is 20.2 Å². The highest BCUT2D eigenvalue weighted by atomic mass is 28.3. The Balaban J connectivity index is 4.18. The van der Waals surface area contributed by atoms with Gasteiger partial charge in [0, 0.05) is 20.6 Å². The first-order valence-electron chi connectivity index (χ1n) is 5.55. The Morgan fingerprint density at radius 3 is 2.07 bits per heavy atom. The van der Waals surface area contributed by atoms with Crippen LogP contribution in [0.25, 0.3) is 0 Å². The number of aliphatic hydroxyl groups excluding tert-OH is 1. The molecule has 0 spiro atoms. The lowest BCUT2D eigenvalue weighted by atomic mass is 9.92. The molecule has 1 unspecified atom stereocenters. The SMILES string of the molecule is C=C(C[Si](C)(C)C)C(CO)CC(C)C. The van der Waals surface area contributed by atoms with Crippen LogP contribution in [-0.2, 0) is 0 Å². The standard InChI is InChI=1S/C12H26OSi/c1-10(2)7-12(8-13)11(3)9-14(4,5)6/h10,12-13H,3,7-9H2,1-2,4-6H3. The fourth-order valence-electron chi connectivity index (χ4n) is 1.76. The summed E-state index contributed by atoms with van der Waals surface area (Å²) in [6.07, 6.45) is 1.07. The van der Waals surface area contributed by atoms with Crippen LogP contribution in [0.2, 0.25) is 25.7 Å². The molecule has 2 heteroatoms. The van der Waals surface area contributed by atoms with E-state index in [2.05, 4.69) is 40.1 Å². The van der Waals surface area contributed by atoms with Crippen LogP contribution in [0.4, 0.5) is 0 Å². The van der Waals surface area contributed by atoms with Gasteiger partial charge in [-0.3, -0.25) is 0 Å². The zero-order chi connectivity index (χ0) is 11.4. The van der Waals surface area contributed by atoms with Gasteiger partial charge >= 0.3 is 0 Å². The van der Waals surface area contributed by atoms with E-state index in [-0.39, 0.29) is 6.61 Å². The van der Waals surface area contributed by atoms with Crippen LogP contribution in [0.3, 0.4) is 0 Å². The first kappa shape index (κ1) is 13.9. The van der Waals surface area contributed by atoms with E-state index in [0.29, 0.717) is 11.8 Å². The smallest absolute Gasteiger partial charge is 0.0496 e. The Morgan fingerprint density at radius 2 is 1.79 bits per heavy atom. The summed E-state index contributed by atoms with van der Waals surface area (Å²) in [5, 5.41) is 9.30. The molecule has 0 aliphatic rings. The summed E-state index contributed by atoms with van der Waals surface area (Å²) in [4.78, 5) is 0. The normalized spacial score (nSPS) is 14.5. The number of aliphatic hydroxyl groups is 1. The van der Waals surface area contributed by atoms with Crippen LogP contribution in [0.5, 0.6) is 0 Å². The number of hydrogen-bond donors (Lipinski definition) is 1. The fourth-order valence-corrected chi connectivity index (χ4v) is 3.42. The molecule has 0 aliphatic carbocycles. The molecular formula is C12H26OSi. The second-order valence-corrected chi connectivity index (χ2v) is 11.4. The Morgan fingerprint density at radius 1 is 1.29 bits per heavy atom.